The molecule has 2 heteroatoms. The molecule has 0 unspecified atom stereocenters. The Bertz CT molecular complexity index is 1300. The summed E-state index contributed by atoms with van der Waals surface area (Å²) in [6.45, 7) is 0. The number of benzene rings is 6. The summed E-state index contributed by atoms with van der Waals surface area (Å²) in [7, 11) is -2.30. The van der Waals surface area contributed by atoms with Crippen LogP contribution in [0, 0.1) is 0 Å². The molecule has 0 saturated heterocycles. The third-order valence-corrected chi connectivity index (χ3v) is 24.4. The molecule has 0 atom stereocenters. The Morgan fingerprint density at radius 1 is 0.341 bits per heavy atom. The molecular weight excluding hydrogens is 569 g/mol. The monoisotopic (exact) mass is 606 g/mol. The zero-order valence-corrected chi connectivity index (χ0v) is 26.5. The van der Waals surface area contributed by atoms with Crippen LogP contribution in [-0.4, -0.2) is 21.3 Å². The van der Waals surface area contributed by atoms with Gasteiger partial charge in [0.15, 0.2) is 0 Å². The van der Waals surface area contributed by atoms with Crippen LogP contribution in [0.5, 0.6) is 0 Å². The molecule has 6 rings (SSSR count). The summed E-state index contributed by atoms with van der Waals surface area (Å²) in [5.74, 6) is 0. The second-order valence-electron chi connectivity index (χ2n) is 10.9. The molecule has 0 aliphatic rings. The van der Waals surface area contributed by atoms with Crippen LogP contribution in [-0.2, 0) is 0 Å². The van der Waals surface area contributed by atoms with Crippen molar-refractivity contribution in [3.63, 3.8) is 0 Å². The molecule has 0 radical (unpaired) electrons. The summed E-state index contributed by atoms with van der Waals surface area (Å²) < 4.78 is 4.61. The molecule has 0 aliphatic carbocycles. The predicted molar refractivity (Wildman–Crippen MR) is 182 cm³/mol. The van der Waals surface area contributed by atoms with Crippen molar-refractivity contribution in [2.24, 2.45) is 0 Å². The zero-order chi connectivity index (χ0) is 27.8. The van der Waals surface area contributed by atoms with Gasteiger partial charge in [-0.25, -0.2) is 0 Å². The molecule has 0 amide bonds. The van der Waals surface area contributed by atoms with Gasteiger partial charge >= 0.3 is 250 Å². The molecule has 0 N–H and O–H groups in total. The van der Waals surface area contributed by atoms with Crippen molar-refractivity contribution in [3.05, 3.63) is 182 Å². The topological polar surface area (TPSA) is 0 Å². The third-order valence-electron chi connectivity index (χ3n) is 8.70. The van der Waals surface area contributed by atoms with Crippen molar-refractivity contribution >= 4 is 50.1 Å². The predicted octanol–water partition coefficient (Wildman–Crippen LogP) is 5.72. The summed E-state index contributed by atoms with van der Waals surface area (Å²) in [5, 5.41) is 5.69. The van der Waals surface area contributed by atoms with E-state index in [2.05, 4.69) is 182 Å². The fraction of sp³-hybridized carbons (Fsp3) is 0.0769. The Kier molecular flexibility index (Phi) is 8.46. The Hall–Kier alpha value is -3.92. The van der Waals surface area contributed by atoms with E-state index in [9.17, 15) is 0 Å². The number of rotatable bonds is 10. The van der Waals surface area contributed by atoms with Crippen LogP contribution in [0.15, 0.2) is 182 Å². The van der Waals surface area contributed by atoms with E-state index in [1.807, 2.05) is 0 Å². The Morgan fingerprint density at radius 2 is 0.610 bits per heavy atom. The molecule has 200 valence electrons. The number of hydrogen-bond acceptors (Lipinski definition) is 0. The van der Waals surface area contributed by atoms with E-state index in [1.165, 1.54) is 46.5 Å². The van der Waals surface area contributed by atoms with Gasteiger partial charge in [0.2, 0.25) is 0 Å². The Balaban J connectivity index is 1.50. The van der Waals surface area contributed by atoms with Crippen LogP contribution in [0.2, 0.25) is 11.3 Å². The molecule has 6 aromatic rings. The van der Waals surface area contributed by atoms with Gasteiger partial charge in [0.05, 0.1) is 0 Å². The first kappa shape index (κ1) is 27.3. The minimum atomic E-state index is -3.03. The molecule has 0 spiro atoms. The van der Waals surface area contributed by atoms with Gasteiger partial charge in [-0.3, -0.25) is 0 Å². The fourth-order valence-corrected chi connectivity index (χ4v) is 22.6. The quantitative estimate of drug-likeness (QED) is 0.139. The molecular formula is C39H36GeSi. The maximum atomic E-state index is 2.40. The van der Waals surface area contributed by atoms with E-state index in [4.69, 9.17) is 0 Å². The first-order chi connectivity index (χ1) is 20.3. The molecule has 0 bridgehead atoms. The van der Waals surface area contributed by atoms with Crippen molar-refractivity contribution in [1.82, 2.24) is 0 Å². The average Bonchev–Trinajstić information content (AvgIpc) is 3.08. The average molecular weight is 605 g/mol. The second kappa shape index (κ2) is 12.7. The van der Waals surface area contributed by atoms with Crippen LogP contribution in [0.3, 0.4) is 0 Å². The van der Waals surface area contributed by atoms with Gasteiger partial charge < -0.3 is 0 Å². The molecule has 0 heterocycles. The molecule has 41 heavy (non-hydrogen) atoms. The van der Waals surface area contributed by atoms with Gasteiger partial charge in [-0.1, -0.05) is 0 Å². The van der Waals surface area contributed by atoms with E-state index >= 15 is 0 Å². The van der Waals surface area contributed by atoms with Crippen LogP contribution in [0.4, 0.5) is 0 Å². The van der Waals surface area contributed by atoms with E-state index in [1.54, 1.807) is 0 Å². The van der Waals surface area contributed by atoms with Crippen LogP contribution in [0.25, 0.3) is 0 Å². The second-order valence-corrected chi connectivity index (χ2v) is 23.4. The van der Waals surface area contributed by atoms with Crippen molar-refractivity contribution in [2.75, 3.05) is 0 Å². The standard InChI is InChI=1S/C39H36GeSi/c1-7-20-34(21-8-1)40(35-22-9-2-10-23-35,36-24-11-3-12-25-36)32-19-33-41(37-26-13-4-14-27-37,38-28-15-5-16-29-38)39-30-17-6-18-31-39/h1-18,20-31H,19,32-33H2. The minimum absolute atomic E-state index is 1.17. The van der Waals surface area contributed by atoms with Crippen LogP contribution in [0.1, 0.15) is 6.42 Å². The van der Waals surface area contributed by atoms with Gasteiger partial charge in [0, 0.05) is 0 Å². The normalized spacial score (nSPS) is 11.7. The maximum absolute atomic E-state index is 3.03. The summed E-state index contributed by atoms with van der Waals surface area (Å²) >= 11 is -3.03. The van der Waals surface area contributed by atoms with Gasteiger partial charge in [0.25, 0.3) is 0 Å². The third kappa shape index (κ3) is 5.40. The summed E-state index contributed by atoms with van der Waals surface area (Å²) in [6.07, 6.45) is 1.17. The molecule has 0 fully saturated rings. The van der Waals surface area contributed by atoms with Crippen LogP contribution >= 0.6 is 0 Å². The fourth-order valence-electron chi connectivity index (χ4n) is 6.82. The van der Waals surface area contributed by atoms with Gasteiger partial charge in [-0.2, -0.15) is 0 Å². The zero-order valence-electron chi connectivity index (χ0n) is 23.4. The van der Waals surface area contributed by atoms with E-state index < -0.39 is 21.3 Å². The Morgan fingerprint density at radius 3 is 0.902 bits per heavy atom. The molecule has 0 aromatic heterocycles. The van der Waals surface area contributed by atoms with Crippen molar-refractivity contribution in [2.45, 2.75) is 17.7 Å². The summed E-state index contributed by atoms with van der Waals surface area (Å²) in [6, 6.07) is 69.5. The Labute approximate surface area is 248 Å². The van der Waals surface area contributed by atoms with Crippen LogP contribution < -0.4 is 28.7 Å². The van der Waals surface area contributed by atoms with Gasteiger partial charge in [-0.15, -0.1) is 0 Å². The molecule has 0 nitrogen and oxygen atoms in total. The SMILES string of the molecule is c1ccc([Si](CC[CH2][Ge]([c]2ccccc2)([c]2ccccc2)[c]2ccccc2)(c2ccccc2)c2ccccc2)cc1. The first-order valence-corrected chi connectivity index (χ1v) is 21.5. The van der Waals surface area contributed by atoms with Crippen molar-refractivity contribution in [3.8, 4) is 0 Å². The summed E-state index contributed by atoms with van der Waals surface area (Å²) in [5.41, 5.74) is 0. The molecule has 6 aromatic carbocycles. The summed E-state index contributed by atoms with van der Waals surface area (Å²) in [4.78, 5) is 0. The van der Waals surface area contributed by atoms with Crippen molar-refractivity contribution < 1.29 is 0 Å². The van der Waals surface area contributed by atoms with E-state index in [0.29, 0.717) is 0 Å². The van der Waals surface area contributed by atoms with E-state index in [-0.39, 0.29) is 0 Å². The first-order valence-electron chi connectivity index (χ1n) is 14.7. The van der Waals surface area contributed by atoms with Gasteiger partial charge in [0.1, 0.15) is 0 Å². The van der Waals surface area contributed by atoms with E-state index in [0.717, 1.165) is 0 Å². The molecule has 0 aliphatic heterocycles. The molecule has 0 saturated carbocycles. The number of hydrogen-bond donors (Lipinski definition) is 0. The van der Waals surface area contributed by atoms with Crippen molar-refractivity contribution in [1.29, 1.82) is 0 Å². The van der Waals surface area contributed by atoms with Gasteiger partial charge in [-0.05, 0) is 0 Å².